The number of rotatable bonds is 7. The first-order valence-electron chi connectivity index (χ1n) is 6.57. The van der Waals surface area contributed by atoms with Gasteiger partial charge >= 0.3 is 0 Å². The monoisotopic (exact) mass is 263 g/mol. The second kappa shape index (κ2) is 6.59. The molecule has 0 aromatic carbocycles. The van der Waals surface area contributed by atoms with Gasteiger partial charge in [-0.1, -0.05) is 13.8 Å². The molecular weight excluding hydrogens is 242 g/mol. The van der Waals surface area contributed by atoms with Crippen LogP contribution in [0.1, 0.15) is 36.7 Å². The normalized spacial score (nSPS) is 11.4. The van der Waals surface area contributed by atoms with Gasteiger partial charge in [0.1, 0.15) is 23.9 Å². The molecule has 0 aliphatic heterocycles. The van der Waals surface area contributed by atoms with E-state index in [1.54, 1.807) is 6.26 Å². The van der Waals surface area contributed by atoms with Crippen LogP contribution in [-0.4, -0.2) is 6.04 Å². The van der Waals surface area contributed by atoms with E-state index in [-0.39, 0.29) is 0 Å². The zero-order valence-corrected chi connectivity index (χ0v) is 11.7. The summed E-state index contributed by atoms with van der Waals surface area (Å²) < 4.78 is 16.5. The fraction of sp³-hybridized carbons (Fsp3) is 0.467. The molecule has 0 radical (unpaired) electrons. The first-order valence-corrected chi connectivity index (χ1v) is 6.57. The quantitative estimate of drug-likeness (QED) is 0.831. The van der Waals surface area contributed by atoms with Gasteiger partial charge in [0.2, 0.25) is 0 Å². The highest BCUT2D eigenvalue weighted by Crippen LogP contribution is 2.16. The fourth-order valence-corrected chi connectivity index (χ4v) is 1.78. The summed E-state index contributed by atoms with van der Waals surface area (Å²) in [5, 5.41) is 3.33. The van der Waals surface area contributed by atoms with Crippen LogP contribution in [0, 0.1) is 6.92 Å². The molecule has 2 rings (SSSR count). The molecule has 104 valence electrons. The number of aryl methyl sites for hydroxylation is 1. The van der Waals surface area contributed by atoms with Crippen molar-refractivity contribution in [2.75, 3.05) is 0 Å². The van der Waals surface area contributed by atoms with Crippen molar-refractivity contribution < 1.29 is 13.6 Å². The molecule has 0 bridgehead atoms. The minimum absolute atomic E-state index is 0.448. The van der Waals surface area contributed by atoms with Crippen molar-refractivity contribution in [3.63, 3.8) is 0 Å². The lowest BCUT2D eigenvalue weighted by molar-refractivity contribution is 0.0921. The average molecular weight is 263 g/mol. The van der Waals surface area contributed by atoms with Gasteiger partial charge in [-0.3, -0.25) is 0 Å². The molecule has 2 aromatic rings. The van der Waals surface area contributed by atoms with E-state index in [4.69, 9.17) is 13.6 Å². The Morgan fingerprint density at radius 3 is 2.79 bits per heavy atom. The maximum atomic E-state index is 5.69. The standard InChI is InChI=1S/C15H21NO3/c1-11(2)16-8-15-7-13(12(3)19-15)9-17-10-14-5-4-6-18-14/h4-7,11,16H,8-10H2,1-3H3. The van der Waals surface area contributed by atoms with E-state index in [0.717, 1.165) is 29.4 Å². The Morgan fingerprint density at radius 2 is 2.11 bits per heavy atom. The Hall–Kier alpha value is -1.52. The Kier molecular flexibility index (Phi) is 4.82. The summed E-state index contributed by atoms with van der Waals surface area (Å²) in [5.41, 5.74) is 1.09. The van der Waals surface area contributed by atoms with E-state index in [9.17, 15) is 0 Å². The molecule has 0 spiro atoms. The van der Waals surface area contributed by atoms with Crippen molar-refractivity contribution in [2.24, 2.45) is 0 Å². The van der Waals surface area contributed by atoms with Crippen LogP contribution >= 0.6 is 0 Å². The van der Waals surface area contributed by atoms with Crippen LogP contribution in [0.3, 0.4) is 0 Å². The molecule has 0 aliphatic carbocycles. The predicted molar refractivity (Wildman–Crippen MR) is 72.6 cm³/mol. The van der Waals surface area contributed by atoms with E-state index >= 15 is 0 Å². The van der Waals surface area contributed by atoms with Gasteiger partial charge < -0.3 is 18.9 Å². The van der Waals surface area contributed by atoms with Gasteiger partial charge in [0.15, 0.2) is 0 Å². The SMILES string of the molecule is Cc1oc(CNC(C)C)cc1COCc1ccco1. The predicted octanol–water partition coefficient (Wildman–Crippen LogP) is 3.40. The molecule has 4 heteroatoms. The minimum Gasteiger partial charge on any atom is -0.467 e. The van der Waals surface area contributed by atoms with Crippen molar-refractivity contribution in [2.45, 2.75) is 46.6 Å². The van der Waals surface area contributed by atoms with Crippen molar-refractivity contribution in [3.8, 4) is 0 Å². The van der Waals surface area contributed by atoms with Crippen LogP contribution in [-0.2, 0) is 24.5 Å². The fourth-order valence-electron chi connectivity index (χ4n) is 1.78. The summed E-state index contributed by atoms with van der Waals surface area (Å²) >= 11 is 0. The van der Waals surface area contributed by atoms with Crippen molar-refractivity contribution in [1.29, 1.82) is 0 Å². The summed E-state index contributed by atoms with van der Waals surface area (Å²) in [6.45, 7) is 7.96. The lowest BCUT2D eigenvalue weighted by atomic mass is 10.2. The molecule has 0 unspecified atom stereocenters. The molecule has 0 saturated heterocycles. The second-order valence-electron chi connectivity index (χ2n) is 4.90. The average Bonchev–Trinajstić information content (AvgIpc) is 2.98. The van der Waals surface area contributed by atoms with Crippen molar-refractivity contribution in [1.82, 2.24) is 5.32 Å². The third-order valence-electron chi connectivity index (χ3n) is 2.84. The van der Waals surface area contributed by atoms with Crippen LogP contribution in [0.4, 0.5) is 0 Å². The van der Waals surface area contributed by atoms with Crippen molar-refractivity contribution >= 4 is 0 Å². The number of furan rings is 2. The molecule has 0 atom stereocenters. The van der Waals surface area contributed by atoms with Crippen molar-refractivity contribution in [3.05, 3.63) is 47.3 Å². The lowest BCUT2D eigenvalue weighted by Gasteiger charge is -2.04. The van der Waals surface area contributed by atoms with Gasteiger partial charge in [-0.05, 0) is 25.1 Å². The van der Waals surface area contributed by atoms with E-state index in [0.29, 0.717) is 19.3 Å². The molecule has 4 nitrogen and oxygen atoms in total. The molecular formula is C15H21NO3. The van der Waals surface area contributed by atoms with E-state index in [1.165, 1.54) is 0 Å². The van der Waals surface area contributed by atoms with Crippen LogP contribution < -0.4 is 5.32 Å². The van der Waals surface area contributed by atoms with Gasteiger partial charge in [-0.2, -0.15) is 0 Å². The van der Waals surface area contributed by atoms with E-state index in [2.05, 4.69) is 19.2 Å². The first kappa shape index (κ1) is 13.9. The summed E-state index contributed by atoms with van der Waals surface area (Å²) in [4.78, 5) is 0. The Morgan fingerprint density at radius 1 is 1.26 bits per heavy atom. The van der Waals surface area contributed by atoms with Gasteiger partial charge in [-0.25, -0.2) is 0 Å². The summed E-state index contributed by atoms with van der Waals surface area (Å²) in [6, 6.07) is 6.26. The second-order valence-corrected chi connectivity index (χ2v) is 4.90. The lowest BCUT2D eigenvalue weighted by Crippen LogP contribution is -2.21. The maximum Gasteiger partial charge on any atom is 0.129 e. The summed E-state index contributed by atoms with van der Waals surface area (Å²) in [5.74, 6) is 2.70. The molecule has 2 aromatic heterocycles. The van der Waals surface area contributed by atoms with Crippen LogP contribution in [0.2, 0.25) is 0 Å². The zero-order chi connectivity index (χ0) is 13.7. The Labute approximate surface area is 113 Å². The number of ether oxygens (including phenoxy) is 1. The maximum absolute atomic E-state index is 5.69. The Bertz CT molecular complexity index is 485. The topological polar surface area (TPSA) is 47.5 Å². The number of hydrogen-bond acceptors (Lipinski definition) is 4. The zero-order valence-electron chi connectivity index (χ0n) is 11.7. The number of nitrogens with one attached hydrogen (secondary N) is 1. The minimum atomic E-state index is 0.448. The highest BCUT2D eigenvalue weighted by Gasteiger charge is 2.08. The highest BCUT2D eigenvalue weighted by atomic mass is 16.5. The highest BCUT2D eigenvalue weighted by molar-refractivity contribution is 5.20. The Balaban J connectivity index is 1.82. The molecule has 0 saturated carbocycles. The van der Waals surface area contributed by atoms with Crippen LogP contribution in [0.15, 0.2) is 33.3 Å². The third-order valence-corrected chi connectivity index (χ3v) is 2.84. The first-order chi connectivity index (χ1) is 9.15. The van der Waals surface area contributed by atoms with Gasteiger partial charge in [0.25, 0.3) is 0 Å². The summed E-state index contributed by atoms with van der Waals surface area (Å²) in [7, 11) is 0. The molecule has 0 amide bonds. The van der Waals surface area contributed by atoms with Gasteiger partial charge in [0.05, 0.1) is 19.4 Å². The van der Waals surface area contributed by atoms with E-state index in [1.807, 2.05) is 25.1 Å². The van der Waals surface area contributed by atoms with Crippen LogP contribution in [0.5, 0.6) is 0 Å². The molecule has 1 N–H and O–H groups in total. The largest absolute Gasteiger partial charge is 0.467 e. The molecule has 19 heavy (non-hydrogen) atoms. The molecule has 0 aliphatic rings. The van der Waals surface area contributed by atoms with E-state index < -0.39 is 0 Å². The summed E-state index contributed by atoms with van der Waals surface area (Å²) in [6.07, 6.45) is 1.65. The van der Waals surface area contributed by atoms with Crippen LogP contribution in [0.25, 0.3) is 0 Å². The smallest absolute Gasteiger partial charge is 0.129 e. The third kappa shape index (κ3) is 4.26. The molecule has 2 heterocycles. The molecule has 0 fully saturated rings. The van der Waals surface area contributed by atoms with Gasteiger partial charge in [-0.15, -0.1) is 0 Å². The number of hydrogen-bond donors (Lipinski definition) is 1. The van der Waals surface area contributed by atoms with Gasteiger partial charge in [0, 0.05) is 11.6 Å².